The van der Waals surface area contributed by atoms with E-state index in [4.69, 9.17) is 9.84 Å². The molecule has 0 aliphatic heterocycles. The van der Waals surface area contributed by atoms with Crippen LogP contribution in [-0.4, -0.2) is 38.4 Å². The number of sulfonamides is 1. The van der Waals surface area contributed by atoms with Crippen molar-refractivity contribution < 1.29 is 23.1 Å². The molecule has 1 aromatic carbocycles. The Hall–Kier alpha value is -1.60. The second-order valence-electron chi connectivity index (χ2n) is 3.52. The average molecular weight is 273 g/mol. The van der Waals surface area contributed by atoms with Gasteiger partial charge in [-0.15, -0.1) is 0 Å². The highest BCUT2D eigenvalue weighted by molar-refractivity contribution is 7.89. The van der Waals surface area contributed by atoms with Crippen molar-refractivity contribution in [3.05, 3.63) is 30.3 Å². The molecule has 0 saturated heterocycles. The first kappa shape index (κ1) is 14.5. The quantitative estimate of drug-likeness (QED) is 0.717. The number of hydrogen-bond donors (Lipinski definition) is 2. The number of aliphatic carboxylic acids is 1. The Kier molecular flexibility index (Phi) is 5.60. The van der Waals surface area contributed by atoms with E-state index in [1.165, 1.54) is 0 Å². The number of ether oxygens (including phenoxy) is 1. The molecular formula is C11H15NO5S. The molecule has 0 spiro atoms. The zero-order chi connectivity index (χ0) is 13.4. The summed E-state index contributed by atoms with van der Waals surface area (Å²) in [6.45, 7) is -0.0879. The number of benzene rings is 1. The summed E-state index contributed by atoms with van der Waals surface area (Å²) >= 11 is 0. The Bertz CT molecular complexity index is 471. The van der Waals surface area contributed by atoms with Gasteiger partial charge in [-0.1, -0.05) is 18.2 Å². The van der Waals surface area contributed by atoms with Crippen molar-refractivity contribution in [1.29, 1.82) is 0 Å². The summed E-state index contributed by atoms with van der Waals surface area (Å²) in [5, 5.41) is 8.38. The van der Waals surface area contributed by atoms with E-state index in [1.54, 1.807) is 24.3 Å². The van der Waals surface area contributed by atoms with Crippen LogP contribution in [0.4, 0.5) is 0 Å². The highest BCUT2D eigenvalue weighted by atomic mass is 32.2. The van der Waals surface area contributed by atoms with Crippen LogP contribution in [0.5, 0.6) is 5.75 Å². The fourth-order valence-electron chi connectivity index (χ4n) is 1.17. The summed E-state index contributed by atoms with van der Waals surface area (Å²) in [6.07, 6.45) is -0.237. The Labute approximate surface area is 106 Å². The summed E-state index contributed by atoms with van der Waals surface area (Å²) in [4.78, 5) is 10.2. The van der Waals surface area contributed by atoms with Gasteiger partial charge in [-0.2, -0.15) is 0 Å². The van der Waals surface area contributed by atoms with Gasteiger partial charge in [-0.3, -0.25) is 4.79 Å². The Morgan fingerprint density at radius 1 is 1.28 bits per heavy atom. The standard InChI is InChI=1S/C11H15NO5S/c13-11(14)6-7-12-18(15,16)9-8-17-10-4-2-1-3-5-10/h1-5,12H,6-9H2,(H,13,14). The molecule has 0 aliphatic carbocycles. The molecule has 18 heavy (non-hydrogen) atoms. The van der Waals surface area contributed by atoms with Crippen LogP contribution in [0.25, 0.3) is 0 Å². The van der Waals surface area contributed by atoms with Gasteiger partial charge in [0.25, 0.3) is 0 Å². The van der Waals surface area contributed by atoms with Gasteiger partial charge >= 0.3 is 5.97 Å². The zero-order valence-electron chi connectivity index (χ0n) is 9.70. The van der Waals surface area contributed by atoms with Crippen molar-refractivity contribution in [2.24, 2.45) is 0 Å². The van der Waals surface area contributed by atoms with E-state index in [-0.39, 0.29) is 25.3 Å². The van der Waals surface area contributed by atoms with E-state index in [0.717, 1.165) is 0 Å². The maximum absolute atomic E-state index is 11.4. The Balaban J connectivity index is 2.27. The van der Waals surface area contributed by atoms with E-state index in [0.29, 0.717) is 5.75 Å². The van der Waals surface area contributed by atoms with Crippen LogP contribution in [0.2, 0.25) is 0 Å². The number of carboxylic acid groups (broad SMARTS) is 1. The molecule has 2 N–H and O–H groups in total. The molecule has 6 nitrogen and oxygen atoms in total. The smallest absolute Gasteiger partial charge is 0.304 e. The lowest BCUT2D eigenvalue weighted by molar-refractivity contribution is -0.136. The van der Waals surface area contributed by atoms with Crippen molar-refractivity contribution in [3.63, 3.8) is 0 Å². The first-order chi connectivity index (χ1) is 8.49. The van der Waals surface area contributed by atoms with E-state index in [2.05, 4.69) is 4.72 Å². The second kappa shape index (κ2) is 6.97. The first-order valence-electron chi connectivity index (χ1n) is 5.36. The molecule has 0 amide bonds. The Morgan fingerprint density at radius 3 is 2.56 bits per heavy atom. The van der Waals surface area contributed by atoms with Gasteiger partial charge in [-0.05, 0) is 12.1 Å². The molecule has 0 fully saturated rings. The molecular weight excluding hydrogens is 258 g/mol. The summed E-state index contributed by atoms with van der Waals surface area (Å²) in [5.74, 6) is -0.655. The number of nitrogens with one attached hydrogen (secondary N) is 1. The maximum atomic E-state index is 11.4. The summed E-state index contributed by atoms with van der Waals surface area (Å²) in [7, 11) is -3.49. The monoisotopic (exact) mass is 273 g/mol. The minimum atomic E-state index is -3.49. The van der Waals surface area contributed by atoms with E-state index in [1.807, 2.05) is 6.07 Å². The first-order valence-corrected chi connectivity index (χ1v) is 7.02. The van der Waals surface area contributed by atoms with Gasteiger partial charge < -0.3 is 9.84 Å². The Morgan fingerprint density at radius 2 is 1.94 bits per heavy atom. The molecule has 0 unspecified atom stereocenters. The van der Waals surface area contributed by atoms with Crippen molar-refractivity contribution in [2.45, 2.75) is 6.42 Å². The highest BCUT2D eigenvalue weighted by Crippen LogP contribution is 2.07. The van der Waals surface area contributed by atoms with Crippen LogP contribution < -0.4 is 9.46 Å². The summed E-state index contributed by atoms with van der Waals surface area (Å²) in [5.41, 5.74) is 0. The lowest BCUT2D eigenvalue weighted by Crippen LogP contribution is -2.30. The number of carbonyl (C=O) groups is 1. The zero-order valence-corrected chi connectivity index (χ0v) is 10.5. The van der Waals surface area contributed by atoms with Crippen LogP contribution in [-0.2, 0) is 14.8 Å². The van der Waals surface area contributed by atoms with Crippen molar-refractivity contribution in [1.82, 2.24) is 4.72 Å². The molecule has 0 saturated carbocycles. The molecule has 0 aromatic heterocycles. The average Bonchev–Trinajstić information content (AvgIpc) is 2.29. The van der Waals surface area contributed by atoms with E-state index in [9.17, 15) is 13.2 Å². The molecule has 1 rings (SSSR count). The minimum Gasteiger partial charge on any atom is -0.492 e. The van der Waals surface area contributed by atoms with Crippen molar-refractivity contribution in [3.8, 4) is 5.75 Å². The van der Waals surface area contributed by atoms with Gasteiger partial charge in [0.2, 0.25) is 10.0 Å². The van der Waals surface area contributed by atoms with Crippen LogP contribution in [0.1, 0.15) is 6.42 Å². The number of para-hydroxylation sites is 1. The fourth-order valence-corrected chi connectivity index (χ4v) is 2.03. The third-order valence-corrected chi connectivity index (χ3v) is 3.37. The minimum absolute atomic E-state index is 0.0203. The van der Waals surface area contributed by atoms with Crippen LogP contribution in [0.3, 0.4) is 0 Å². The molecule has 100 valence electrons. The van der Waals surface area contributed by atoms with Gasteiger partial charge in [0.1, 0.15) is 12.4 Å². The lowest BCUT2D eigenvalue weighted by Gasteiger charge is -2.07. The molecule has 0 bridgehead atoms. The molecule has 0 heterocycles. The van der Waals surface area contributed by atoms with Gasteiger partial charge in [0, 0.05) is 6.54 Å². The summed E-state index contributed by atoms with van der Waals surface area (Å²) < 4.78 is 30.3. The number of hydrogen-bond acceptors (Lipinski definition) is 4. The van der Waals surface area contributed by atoms with Crippen LogP contribution >= 0.6 is 0 Å². The van der Waals surface area contributed by atoms with Gasteiger partial charge in [0.05, 0.1) is 12.2 Å². The molecule has 0 radical (unpaired) electrons. The van der Waals surface area contributed by atoms with Crippen molar-refractivity contribution >= 4 is 16.0 Å². The van der Waals surface area contributed by atoms with Gasteiger partial charge in [0.15, 0.2) is 0 Å². The maximum Gasteiger partial charge on any atom is 0.304 e. The van der Waals surface area contributed by atoms with Crippen LogP contribution in [0.15, 0.2) is 30.3 Å². The number of rotatable bonds is 8. The van der Waals surface area contributed by atoms with Crippen molar-refractivity contribution in [2.75, 3.05) is 18.9 Å². The predicted molar refractivity (Wildman–Crippen MR) is 66.0 cm³/mol. The summed E-state index contributed by atoms with van der Waals surface area (Å²) in [6, 6.07) is 8.86. The molecule has 0 aliphatic rings. The third kappa shape index (κ3) is 6.21. The van der Waals surface area contributed by atoms with E-state index >= 15 is 0 Å². The molecule has 0 atom stereocenters. The molecule has 1 aromatic rings. The van der Waals surface area contributed by atoms with Crippen LogP contribution in [0, 0.1) is 0 Å². The second-order valence-corrected chi connectivity index (χ2v) is 5.44. The SMILES string of the molecule is O=C(O)CCNS(=O)(=O)CCOc1ccccc1. The third-order valence-electron chi connectivity index (χ3n) is 2.02. The molecule has 7 heteroatoms. The topological polar surface area (TPSA) is 92.7 Å². The van der Waals surface area contributed by atoms with Gasteiger partial charge in [-0.25, -0.2) is 13.1 Å². The largest absolute Gasteiger partial charge is 0.492 e. The predicted octanol–water partition coefficient (Wildman–Crippen LogP) is 0.459. The normalized spacial score (nSPS) is 11.1. The highest BCUT2D eigenvalue weighted by Gasteiger charge is 2.10. The number of carboxylic acids is 1. The van der Waals surface area contributed by atoms with E-state index < -0.39 is 16.0 Å². The lowest BCUT2D eigenvalue weighted by atomic mass is 10.3. The fraction of sp³-hybridized carbons (Fsp3) is 0.364.